The van der Waals surface area contributed by atoms with Gasteiger partial charge in [0.2, 0.25) is 5.88 Å². The lowest BCUT2D eigenvalue weighted by Gasteiger charge is -2.40. The molecule has 2 aliphatic rings. The molecule has 0 radical (unpaired) electrons. The Kier molecular flexibility index (Phi) is 4.46. The maximum Gasteiger partial charge on any atom is 0.491 e. The van der Waals surface area contributed by atoms with E-state index in [1.54, 1.807) is 12.1 Å². The number of anilines is 1. The Morgan fingerprint density at radius 2 is 1.96 bits per heavy atom. The molecular weight excluding hydrogens is 359 g/mol. The number of fused-ring (bicyclic) bond motifs is 1. The predicted octanol–water partition coefficient (Wildman–Crippen LogP) is 3.28. The second kappa shape index (κ2) is 6.67. The van der Waals surface area contributed by atoms with Crippen LogP contribution in [0.1, 0.15) is 19.3 Å². The summed E-state index contributed by atoms with van der Waals surface area (Å²) in [4.78, 5) is 17.2. The summed E-state index contributed by atoms with van der Waals surface area (Å²) in [7, 11) is 0. The van der Waals surface area contributed by atoms with Crippen LogP contribution >= 0.6 is 0 Å². The number of nitrogens with zero attached hydrogens (tertiary/aromatic N) is 2. The van der Waals surface area contributed by atoms with Crippen molar-refractivity contribution in [3.05, 3.63) is 30.5 Å². The number of pyridine rings is 1. The largest absolute Gasteiger partial charge is 0.491 e. The fourth-order valence-electron chi connectivity index (χ4n) is 4.02. The summed E-state index contributed by atoms with van der Waals surface area (Å²) in [5.74, 6) is -2.59. The molecule has 2 saturated heterocycles. The quantitative estimate of drug-likeness (QED) is 0.812. The van der Waals surface area contributed by atoms with Gasteiger partial charge in [-0.3, -0.25) is 0 Å². The Balaban J connectivity index is 1.54. The fraction of sp³-hybridized carbons (Fsp3) is 0.474. The molecule has 1 spiro atoms. The Morgan fingerprint density at radius 1 is 1.19 bits per heavy atom. The van der Waals surface area contributed by atoms with Gasteiger partial charge in [0.05, 0.1) is 0 Å². The van der Waals surface area contributed by atoms with Crippen LogP contribution in [0.3, 0.4) is 0 Å². The second-order valence-electron chi connectivity index (χ2n) is 7.32. The minimum Gasteiger partial charge on any atom is -0.400 e. The lowest BCUT2D eigenvalue weighted by atomic mass is 9.78. The number of nitrogens with one attached hydrogen (secondary N) is 1. The summed E-state index contributed by atoms with van der Waals surface area (Å²) in [6.07, 6.45) is -0.229. The molecule has 2 aliphatic heterocycles. The number of alkyl halides is 3. The number of esters is 1. The Morgan fingerprint density at radius 3 is 2.63 bits per heavy atom. The van der Waals surface area contributed by atoms with Crippen LogP contribution in [0.2, 0.25) is 0 Å². The van der Waals surface area contributed by atoms with Crippen LogP contribution in [-0.2, 0) is 4.79 Å². The number of halogens is 3. The maximum atomic E-state index is 12.5. The standard InChI is InChI=1S/C19H20F3N3O2/c20-19(21,22)17(26)27-16-15-2-1-14(11-13(15)3-7-24-16)25-9-5-18(6-10-25)4-8-23-12-18/h1-3,7,11,23H,4-6,8-10,12H2. The van der Waals surface area contributed by atoms with Gasteiger partial charge in [-0.1, -0.05) is 0 Å². The van der Waals surface area contributed by atoms with Crippen molar-refractivity contribution in [3.8, 4) is 5.88 Å². The zero-order valence-electron chi connectivity index (χ0n) is 14.7. The summed E-state index contributed by atoms with van der Waals surface area (Å²) in [6.45, 7) is 4.07. The third-order valence-electron chi connectivity index (χ3n) is 5.65. The van der Waals surface area contributed by atoms with E-state index in [9.17, 15) is 18.0 Å². The lowest BCUT2D eigenvalue weighted by Crippen LogP contribution is -2.41. The van der Waals surface area contributed by atoms with Crippen molar-refractivity contribution < 1.29 is 22.7 Å². The summed E-state index contributed by atoms with van der Waals surface area (Å²) < 4.78 is 41.8. The van der Waals surface area contributed by atoms with Gasteiger partial charge in [-0.25, -0.2) is 9.78 Å². The second-order valence-corrected chi connectivity index (χ2v) is 7.32. The maximum absolute atomic E-state index is 12.5. The van der Waals surface area contributed by atoms with Gasteiger partial charge in [0.25, 0.3) is 0 Å². The molecular formula is C19H20F3N3O2. The van der Waals surface area contributed by atoms with Crippen LogP contribution in [0.5, 0.6) is 5.88 Å². The van der Waals surface area contributed by atoms with E-state index in [1.165, 1.54) is 12.6 Å². The van der Waals surface area contributed by atoms with Gasteiger partial charge < -0.3 is 15.0 Å². The first kappa shape index (κ1) is 18.0. The average Bonchev–Trinajstić information content (AvgIpc) is 3.09. The van der Waals surface area contributed by atoms with Gasteiger partial charge >= 0.3 is 12.1 Å². The molecule has 0 bridgehead atoms. The molecule has 0 amide bonds. The molecule has 1 aromatic heterocycles. The normalized spacial score (nSPS) is 19.6. The van der Waals surface area contributed by atoms with E-state index in [2.05, 4.69) is 19.9 Å². The number of benzene rings is 1. The third kappa shape index (κ3) is 3.58. The summed E-state index contributed by atoms with van der Waals surface area (Å²) in [6, 6.07) is 7.13. The molecule has 0 saturated carbocycles. The summed E-state index contributed by atoms with van der Waals surface area (Å²) in [5.41, 5.74) is 1.43. The number of ether oxygens (including phenoxy) is 1. The van der Waals surface area contributed by atoms with E-state index < -0.39 is 12.1 Å². The molecule has 1 aromatic carbocycles. The fourth-order valence-corrected chi connectivity index (χ4v) is 4.02. The molecule has 1 N–H and O–H groups in total. The third-order valence-corrected chi connectivity index (χ3v) is 5.65. The number of carbonyl (C=O) groups excluding carboxylic acids is 1. The first-order valence-corrected chi connectivity index (χ1v) is 9.00. The Bertz CT molecular complexity index is 853. The number of carbonyl (C=O) groups is 1. The molecule has 27 heavy (non-hydrogen) atoms. The van der Waals surface area contributed by atoms with Crippen LogP contribution in [0, 0.1) is 5.41 Å². The van der Waals surface area contributed by atoms with E-state index in [1.807, 2.05) is 12.1 Å². The zero-order valence-corrected chi connectivity index (χ0v) is 14.7. The van der Waals surface area contributed by atoms with Crippen molar-refractivity contribution in [2.75, 3.05) is 31.1 Å². The highest BCUT2D eigenvalue weighted by atomic mass is 19.4. The molecule has 5 nitrogen and oxygen atoms in total. The van der Waals surface area contributed by atoms with Crippen molar-refractivity contribution >= 4 is 22.4 Å². The smallest absolute Gasteiger partial charge is 0.400 e. The number of hydrogen-bond donors (Lipinski definition) is 1. The van der Waals surface area contributed by atoms with Crippen molar-refractivity contribution in [3.63, 3.8) is 0 Å². The minimum absolute atomic E-state index is 0.323. The van der Waals surface area contributed by atoms with Gasteiger partial charge in [-0.05, 0) is 60.9 Å². The molecule has 3 heterocycles. The molecule has 144 valence electrons. The van der Waals surface area contributed by atoms with Crippen LogP contribution in [0.25, 0.3) is 10.8 Å². The van der Waals surface area contributed by atoms with E-state index in [0.29, 0.717) is 16.2 Å². The Labute approximate surface area is 154 Å². The molecule has 8 heteroatoms. The van der Waals surface area contributed by atoms with Gasteiger partial charge in [-0.2, -0.15) is 13.2 Å². The zero-order chi connectivity index (χ0) is 19.1. The molecule has 0 unspecified atom stereocenters. The van der Waals surface area contributed by atoms with Crippen LogP contribution in [0.15, 0.2) is 30.5 Å². The first-order valence-electron chi connectivity index (χ1n) is 9.00. The summed E-state index contributed by atoms with van der Waals surface area (Å²) in [5, 5.41) is 4.52. The van der Waals surface area contributed by atoms with E-state index in [-0.39, 0.29) is 5.88 Å². The van der Waals surface area contributed by atoms with Gasteiger partial charge in [0.1, 0.15) is 0 Å². The van der Waals surface area contributed by atoms with Crippen LogP contribution < -0.4 is 15.0 Å². The molecule has 0 atom stereocenters. The molecule has 2 fully saturated rings. The number of rotatable bonds is 2. The van der Waals surface area contributed by atoms with Crippen molar-refractivity contribution in [1.29, 1.82) is 0 Å². The monoisotopic (exact) mass is 379 g/mol. The van der Waals surface area contributed by atoms with Crippen LogP contribution in [0.4, 0.5) is 18.9 Å². The van der Waals surface area contributed by atoms with E-state index in [0.717, 1.165) is 44.7 Å². The summed E-state index contributed by atoms with van der Waals surface area (Å²) >= 11 is 0. The van der Waals surface area contributed by atoms with Crippen molar-refractivity contribution in [2.45, 2.75) is 25.4 Å². The highest BCUT2D eigenvalue weighted by Crippen LogP contribution is 2.39. The van der Waals surface area contributed by atoms with E-state index >= 15 is 0 Å². The van der Waals surface area contributed by atoms with Gasteiger partial charge in [0, 0.05) is 36.9 Å². The first-order chi connectivity index (χ1) is 12.9. The minimum atomic E-state index is -5.05. The van der Waals surface area contributed by atoms with Crippen molar-refractivity contribution in [2.24, 2.45) is 5.41 Å². The van der Waals surface area contributed by atoms with Gasteiger partial charge in [0.15, 0.2) is 0 Å². The highest BCUT2D eigenvalue weighted by Gasteiger charge is 2.42. The number of aromatic nitrogens is 1. The lowest BCUT2D eigenvalue weighted by molar-refractivity contribution is -0.189. The predicted molar refractivity (Wildman–Crippen MR) is 94.8 cm³/mol. The van der Waals surface area contributed by atoms with Crippen LogP contribution in [-0.4, -0.2) is 43.3 Å². The average molecular weight is 379 g/mol. The van der Waals surface area contributed by atoms with Crippen molar-refractivity contribution in [1.82, 2.24) is 10.3 Å². The highest BCUT2D eigenvalue weighted by molar-refractivity contribution is 5.91. The number of piperidine rings is 1. The van der Waals surface area contributed by atoms with E-state index in [4.69, 9.17) is 0 Å². The Hall–Kier alpha value is -2.35. The number of hydrogen-bond acceptors (Lipinski definition) is 5. The molecule has 0 aliphatic carbocycles. The molecule has 4 rings (SSSR count). The SMILES string of the molecule is O=C(Oc1nccc2cc(N3CCC4(CCNC4)CC3)ccc12)C(F)(F)F. The molecule has 2 aromatic rings. The topological polar surface area (TPSA) is 54.5 Å². The van der Waals surface area contributed by atoms with Gasteiger partial charge in [-0.15, -0.1) is 0 Å².